The van der Waals surface area contributed by atoms with Crippen LogP contribution in [0.1, 0.15) is 30.5 Å². The van der Waals surface area contributed by atoms with E-state index in [2.05, 4.69) is 39.7 Å². The van der Waals surface area contributed by atoms with Crippen LogP contribution in [0.2, 0.25) is 10.0 Å². The van der Waals surface area contributed by atoms with Crippen LogP contribution in [0.15, 0.2) is 47.4 Å². The maximum atomic E-state index is 13.2. The van der Waals surface area contributed by atoms with Gasteiger partial charge in [0.2, 0.25) is 5.95 Å². The Morgan fingerprint density at radius 1 is 1.24 bits per heavy atom. The number of benzene rings is 2. The molecule has 0 amide bonds. The third-order valence-electron chi connectivity index (χ3n) is 6.17. The molecule has 0 aliphatic carbocycles. The summed E-state index contributed by atoms with van der Waals surface area (Å²) in [5.74, 6) is 0.344. The molecule has 0 fully saturated rings. The third kappa shape index (κ3) is 3.77. The van der Waals surface area contributed by atoms with Crippen LogP contribution in [-0.4, -0.2) is 25.6 Å². The molecular weight excluding hydrogens is 473 g/mol. The van der Waals surface area contributed by atoms with E-state index in [0.29, 0.717) is 23.0 Å². The normalized spacial score (nSPS) is 15.4. The fourth-order valence-electron chi connectivity index (χ4n) is 4.45. The molecule has 10 heteroatoms. The van der Waals surface area contributed by atoms with Gasteiger partial charge in [0, 0.05) is 25.0 Å². The van der Waals surface area contributed by atoms with Crippen LogP contribution in [0.25, 0.3) is 16.7 Å². The fourth-order valence-corrected chi connectivity index (χ4v) is 5.01. The number of aryl methyl sites for hydroxylation is 1. The highest BCUT2D eigenvalue weighted by Crippen LogP contribution is 2.29. The summed E-state index contributed by atoms with van der Waals surface area (Å²) in [7, 11) is 1.60. The van der Waals surface area contributed by atoms with Crippen molar-refractivity contribution < 1.29 is 0 Å². The van der Waals surface area contributed by atoms with Crippen molar-refractivity contribution in [1.82, 2.24) is 24.4 Å². The number of hydrogen-bond donors (Lipinski definition) is 3. The predicted molar refractivity (Wildman–Crippen MR) is 134 cm³/mol. The molecule has 4 aromatic rings. The molecule has 0 saturated heterocycles. The standard InChI is InChI=1S/C24H23Cl2N7O/c1-3-19-15-8-7-14(11-13(15)9-10-28-19)30-23-29-12-16-21(27)33(24(34)32(2)22(16)31-23)20-17(25)5-4-6-18(20)26/h4-8,11-12,19,27-28H,3,9-10H2,1-2H3,(H,29,30,31). The number of rotatable bonds is 4. The molecule has 0 bridgehead atoms. The second-order valence-corrected chi connectivity index (χ2v) is 9.04. The molecule has 1 atom stereocenters. The predicted octanol–water partition coefficient (Wildman–Crippen LogP) is 4.25. The van der Waals surface area contributed by atoms with Crippen molar-refractivity contribution >= 4 is 45.9 Å². The first-order valence-electron chi connectivity index (χ1n) is 11.0. The minimum Gasteiger partial charge on any atom is -0.324 e. The minimum atomic E-state index is -0.482. The van der Waals surface area contributed by atoms with Gasteiger partial charge >= 0.3 is 5.69 Å². The molecule has 174 valence electrons. The molecule has 5 rings (SSSR count). The average molecular weight is 496 g/mol. The lowest BCUT2D eigenvalue weighted by atomic mass is 9.92. The maximum Gasteiger partial charge on any atom is 0.335 e. The van der Waals surface area contributed by atoms with Gasteiger partial charge in [-0.1, -0.05) is 42.3 Å². The second-order valence-electron chi connectivity index (χ2n) is 8.23. The highest BCUT2D eigenvalue weighted by atomic mass is 35.5. The van der Waals surface area contributed by atoms with E-state index in [4.69, 9.17) is 28.6 Å². The number of nitrogens with zero attached hydrogens (tertiary/aromatic N) is 4. The summed E-state index contributed by atoms with van der Waals surface area (Å²) in [4.78, 5) is 22.2. The van der Waals surface area contributed by atoms with E-state index in [9.17, 15) is 4.79 Å². The molecule has 2 aromatic carbocycles. The molecule has 0 radical (unpaired) electrons. The molecule has 1 aliphatic heterocycles. The van der Waals surface area contributed by atoms with Crippen molar-refractivity contribution in [2.75, 3.05) is 11.9 Å². The first-order chi connectivity index (χ1) is 16.4. The third-order valence-corrected chi connectivity index (χ3v) is 6.78. The number of anilines is 2. The number of aromatic nitrogens is 4. The molecule has 0 spiro atoms. The molecule has 3 N–H and O–H groups in total. The number of nitrogens with one attached hydrogen (secondary N) is 3. The Morgan fingerprint density at radius 2 is 2.00 bits per heavy atom. The van der Waals surface area contributed by atoms with E-state index in [-0.39, 0.29) is 21.2 Å². The Labute approximate surface area is 205 Å². The topological polar surface area (TPSA) is 101 Å². The highest BCUT2D eigenvalue weighted by Gasteiger charge is 2.19. The van der Waals surface area contributed by atoms with Gasteiger partial charge in [0.15, 0.2) is 5.65 Å². The first-order valence-corrected chi connectivity index (χ1v) is 11.8. The summed E-state index contributed by atoms with van der Waals surface area (Å²) in [5.41, 5.74) is 3.52. The van der Waals surface area contributed by atoms with E-state index < -0.39 is 5.69 Å². The summed E-state index contributed by atoms with van der Waals surface area (Å²) < 4.78 is 2.54. The Balaban J connectivity index is 1.57. The van der Waals surface area contributed by atoms with Gasteiger partial charge in [0.25, 0.3) is 0 Å². The summed E-state index contributed by atoms with van der Waals surface area (Å²) in [6.07, 6.45) is 3.53. The van der Waals surface area contributed by atoms with Crippen molar-refractivity contribution in [3.63, 3.8) is 0 Å². The summed E-state index contributed by atoms with van der Waals surface area (Å²) in [6, 6.07) is 11.6. The molecule has 8 nitrogen and oxygen atoms in total. The van der Waals surface area contributed by atoms with E-state index in [1.165, 1.54) is 26.5 Å². The molecule has 3 heterocycles. The van der Waals surface area contributed by atoms with Gasteiger partial charge in [-0.3, -0.25) is 9.98 Å². The molecule has 0 saturated carbocycles. The highest BCUT2D eigenvalue weighted by molar-refractivity contribution is 6.37. The van der Waals surface area contributed by atoms with Crippen LogP contribution in [0.4, 0.5) is 11.6 Å². The smallest absolute Gasteiger partial charge is 0.324 e. The Kier molecular flexibility index (Phi) is 5.89. The molecule has 1 aliphatic rings. The molecule has 34 heavy (non-hydrogen) atoms. The molecular formula is C24H23Cl2N7O. The van der Waals surface area contributed by atoms with Crippen molar-refractivity contribution in [1.29, 1.82) is 5.41 Å². The minimum absolute atomic E-state index is 0.0912. The lowest BCUT2D eigenvalue weighted by Crippen LogP contribution is -2.38. The number of hydrogen-bond acceptors (Lipinski definition) is 6. The maximum absolute atomic E-state index is 13.2. The van der Waals surface area contributed by atoms with Crippen molar-refractivity contribution in [3.05, 3.63) is 79.7 Å². The number of fused-ring (bicyclic) bond motifs is 2. The van der Waals surface area contributed by atoms with E-state index in [1.807, 2.05) is 6.07 Å². The summed E-state index contributed by atoms with van der Waals surface area (Å²) in [6.45, 7) is 3.13. The Hall–Kier alpha value is -3.20. The van der Waals surface area contributed by atoms with Crippen LogP contribution < -0.4 is 21.8 Å². The first kappa shape index (κ1) is 22.6. The van der Waals surface area contributed by atoms with Crippen LogP contribution in [-0.2, 0) is 13.5 Å². The van der Waals surface area contributed by atoms with Gasteiger partial charge in [-0.15, -0.1) is 0 Å². The van der Waals surface area contributed by atoms with Gasteiger partial charge in [-0.2, -0.15) is 4.98 Å². The van der Waals surface area contributed by atoms with E-state index in [1.54, 1.807) is 25.2 Å². The van der Waals surface area contributed by atoms with Gasteiger partial charge in [-0.25, -0.2) is 14.3 Å². The summed E-state index contributed by atoms with van der Waals surface area (Å²) >= 11 is 12.6. The quantitative estimate of drug-likeness (QED) is 0.392. The zero-order valence-corrected chi connectivity index (χ0v) is 20.2. The van der Waals surface area contributed by atoms with Crippen LogP contribution in [0, 0.1) is 5.41 Å². The summed E-state index contributed by atoms with van der Waals surface area (Å²) in [5, 5.41) is 16.4. The van der Waals surface area contributed by atoms with Gasteiger partial charge in [-0.05, 0) is 54.8 Å². The van der Waals surface area contributed by atoms with Crippen LogP contribution >= 0.6 is 23.2 Å². The lowest BCUT2D eigenvalue weighted by Gasteiger charge is -2.26. The monoisotopic (exact) mass is 495 g/mol. The fraction of sp³-hybridized carbons (Fsp3) is 0.250. The Morgan fingerprint density at radius 3 is 2.74 bits per heavy atom. The molecule has 1 unspecified atom stereocenters. The SMILES string of the molecule is CCC1NCCc2cc(Nc3ncc4c(=N)n(-c5c(Cl)cccc5Cl)c(=O)n(C)c4n3)ccc21. The number of halogens is 2. The van der Waals surface area contributed by atoms with Gasteiger partial charge in [0.1, 0.15) is 5.49 Å². The Bertz CT molecular complexity index is 1520. The van der Waals surface area contributed by atoms with E-state index >= 15 is 0 Å². The number of para-hydroxylation sites is 1. The van der Waals surface area contributed by atoms with Crippen LogP contribution in [0.3, 0.4) is 0 Å². The van der Waals surface area contributed by atoms with E-state index in [0.717, 1.165) is 25.1 Å². The zero-order valence-electron chi connectivity index (χ0n) is 18.7. The largest absolute Gasteiger partial charge is 0.335 e. The average Bonchev–Trinajstić information content (AvgIpc) is 2.84. The van der Waals surface area contributed by atoms with Crippen molar-refractivity contribution in [2.24, 2.45) is 7.05 Å². The second kappa shape index (κ2) is 8.87. The molecule has 2 aromatic heterocycles. The van der Waals surface area contributed by atoms with Crippen molar-refractivity contribution in [3.8, 4) is 5.69 Å². The van der Waals surface area contributed by atoms with Gasteiger partial charge < -0.3 is 10.6 Å². The van der Waals surface area contributed by atoms with Crippen molar-refractivity contribution in [2.45, 2.75) is 25.8 Å². The zero-order chi connectivity index (χ0) is 24.0. The van der Waals surface area contributed by atoms with Gasteiger partial charge in [0.05, 0.1) is 21.1 Å². The lowest BCUT2D eigenvalue weighted by molar-refractivity contribution is 0.493. The van der Waals surface area contributed by atoms with Crippen LogP contribution in [0.5, 0.6) is 0 Å².